The fourth-order valence-electron chi connectivity index (χ4n) is 2.73. The first-order chi connectivity index (χ1) is 11.2. The molecule has 2 aromatic carbocycles. The number of benzene rings is 2. The molecule has 4 heteroatoms. The molecule has 0 spiro atoms. The zero-order chi connectivity index (χ0) is 15.8. The Bertz CT molecular complexity index is 903. The lowest BCUT2D eigenvalue weighted by atomic mass is 10.1. The predicted molar refractivity (Wildman–Crippen MR) is 90.7 cm³/mol. The molecule has 114 valence electrons. The summed E-state index contributed by atoms with van der Waals surface area (Å²) in [5.74, 6) is 0.575. The van der Waals surface area contributed by atoms with Crippen LogP contribution in [0.3, 0.4) is 0 Å². The van der Waals surface area contributed by atoms with Crippen molar-refractivity contribution in [1.29, 1.82) is 0 Å². The molecule has 0 saturated heterocycles. The quantitative estimate of drug-likeness (QED) is 0.724. The Morgan fingerprint density at radius 3 is 2.52 bits per heavy atom. The first-order valence-electron chi connectivity index (χ1n) is 7.70. The largest absolute Gasteiger partial charge is 0.474 e. The van der Waals surface area contributed by atoms with Gasteiger partial charge in [-0.3, -0.25) is 4.98 Å². The van der Waals surface area contributed by atoms with E-state index in [2.05, 4.69) is 53.1 Å². The summed E-state index contributed by atoms with van der Waals surface area (Å²) in [5, 5.41) is 0. The van der Waals surface area contributed by atoms with Gasteiger partial charge in [-0.2, -0.15) is 0 Å². The second-order valence-electron chi connectivity index (χ2n) is 5.85. The minimum Gasteiger partial charge on any atom is -0.474 e. The van der Waals surface area contributed by atoms with Crippen LogP contribution in [0.15, 0.2) is 53.7 Å². The van der Waals surface area contributed by atoms with Gasteiger partial charge in [-0.25, -0.2) is 9.98 Å². The lowest BCUT2D eigenvalue weighted by Gasteiger charge is -2.05. The van der Waals surface area contributed by atoms with Gasteiger partial charge in [0.2, 0.25) is 5.90 Å². The van der Waals surface area contributed by atoms with E-state index in [9.17, 15) is 0 Å². The van der Waals surface area contributed by atoms with Crippen molar-refractivity contribution in [3.8, 4) is 0 Å². The van der Waals surface area contributed by atoms with Crippen LogP contribution in [0, 0.1) is 13.8 Å². The lowest BCUT2D eigenvalue weighted by Crippen LogP contribution is -2.05. The molecular formula is C19H17N3O. The van der Waals surface area contributed by atoms with Gasteiger partial charge in [0, 0.05) is 0 Å². The minimum atomic E-state index is 0.0310. The first-order valence-corrected chi connectivity index (χ1v) is 7.70. The molecule has 0 bridgehead atoms. The van der Waals surface area contributed by atoms with Crippen molar-refractivity contribution in [1.82, 2.24) is 9.97 Å². The van der Waals surface area contributed by atoms with Gasteiger partial charge in [0.05, 0.1) is 17.2 Å². The van der Waals surface area contributed by atoms with Gasteiger partial charge in [-0.1, -0.05) is 30.3 Å². The number of aliphatic imine (C=N–C) groups is 1. The van der Waals surface area contributed by atoms with Crippen molar-refractivity contribution in [2.24, 2.45) is 4.99 Å². The van der Waals surface area contributed by atoms with E-state index in [0.717, 1.165) is 16.6 Å². The number of aryl methyl sites for hydroxylation is 2. The van der Waals surface area contributed by atoms with Crippen LogP contribution in [0.5, 0.6) is 0 Å². The van der Waals surface area contributed by atoms with Crippen molar-refractivity contribution < 1.29 is 4.74 Å². The summed E-state index contributed by atoms with van der Waals surface area (Å²) in [6, 6.07) is 14.3. The van der Waals surface area contributed by atoms with Crippen molar-refractivity contribution in [3.05, 3.63) is 71.0 Å². The molecule has 1 atom stereocenters. The molecule has 0 N–H and O–H groups in total. The number of hydrogen-bond acceptors (Lipinski definition) is 4. The molecule has 1 unspecified atom stereocenters. The van der Waals surface area contributed by atoms with Crippen molar-refractivity contribution in [2.75, 3.05) is 6.61 Å². The van der Waals surface area contributed by atoms with Gasteiger partial charge in [-0.15, -0.1) is 0 Å². The van der Waals surface area contributed by atoms with Crippen LogP contribution >= 0.6 is 0 Å². The molecule has 0 amide bonds. The second kappa shape index (κ2) is 5.47. The third kappa shape index (κ3) is 2.57. The highest BCUT2D eigenvalue weighted by Crippen LogP contribution is 2.25. The Labute approximate surface area is 134 Å². The molecule has 0 radical (unpaired) electrons. The van der Waals surface area contributed by atoms with E-state index in [1.54, 1.807) is 6.20 Å². The van der Waals surface area contributed by atoms with Crippen LogP contribution in [0.1, 0.15) is 28.4 Å². The average Bonchev–Trinajstić information content (AvgIpc) is 3.06. The minimum absolute atomic E-state index is 0.0310. The molecular weight excluding hydrogens is 286 g/mol. The number of ether oxygens (including phenoxy) is 1. The smallest absolute Gasteiger partial charge is 0.237 e. The summed E-state index contributed by atoms with van der Waals surface area (Å²) in [7, 11) is 0. The molecule has 23 heavy (non-hydrogen) atoms. The van der Waals surface area contributed by atoms with Crippen LogP contribution in [0.2, 0.25) is 0 Å². The summed E-state index contributed by atoms with van der Waals surface area (Å²) >= 11 is 0. The third-order valence-corrected chi connectivity index (χ3v) is 4.21. The summed E-state index contributed by atoms with van der Waals surface area (Å²) in [6.45, 7) is 4.71. The lowest BCUT2D eigenvalue weighted by molar-refractivity contribution is 0.319. The van der Waals surface area contributed by atoms with E-state index in [-0.39, 0.29) is 6.04 Å². The topological polar surface area (TPSA) is 47.4 Å². The summed E-state index contributed by atoms with van der Waals surface area (Å²) in [4.78, 5) is 13.8. The SMILES string of the molecule is Cc1cc2ncc(C3=NC(c4ccccc4)CO3)nc2cc1C. The van der Waals surface area contributed by atoms with E-state index in [4.69, 9.17) is 4.74 Å². The van der Waals surface area contributed by atoms with Gasteiger partial charge in [0.25, 0.3) is 0 Å². The molecule has 4 rings (SSSR count). The van der Waals surface area contributed by atoms with Crippen LogP contribution in [-0.4, -0.2) is 22.5 Å². The number of aromatic nitrogens is 2. The Balaban J connectivity index is 1.71. The molecule has 3 aromatic rings. The van der Waals surface area contributed by atoms with Gasteiger partial charge in [-0.05, 0) is 42.7 Å². The predicted octanol–water partition coefficient (Wildman–Crippen LogP) is 3.76. The Morgan fingerprint density at radius 1 is 1.00 bits per heavy atom. The van der Waals surface area contributed by atoms with Crippen LogP contribution in [0.25, 0.3) is 11.0 Å². The van der Waals surface area contributed by atoms with E-state index in [0.29, 0.717) is 18.2 Å². The molecule has 2 heterocycles. The van der Waals surface area contributed by atoms with Crippen molar-refractivity contribution in [2.45, 2.75) is 19.9 Å². The van der Waals surface area contributed by atoms with Crippen molar-refractivity contribution in [3.63, 3.8) is 0 Å². The van der Waals surface area contributed by atoms with Gasteiger partial charge in [0.1, 0.15) is 18.3 Å². The van der Waals surface area contributed by atoms with E-state index in [1.165, 1.54) is 11.1 Å². The maximum atomic E-state index is 5.76. The highest BCUT2D eigenvalue weighted by atomic mass is 16.5. The van der Waals surface area contributed by atoms with Gasteiger partial charge in [0.15, 0.2) is 0 Å². The molecule has 0 aliphatic carbocycles. The highest BCUT2D eigenvalue weighted by Gasteiger charge is 2.22. The molecule has 0 saturated carbocycles. The normalized spacial score (nSPS) is 17.1. The number of hydrogen-bond donors (Lipinski definition) is 0. The molecule has 4 nitrogen and oxygen atoms in total. The van der Waals surface area contributed by atoms with Crippen LogP contribution in [0.4, 0.5) is 0 Å². The third-order valence-electron chi connectivity index (χ3n) is 4.21. The highest BCUT2D eigenvalue weighted by molar-refractivity contribution is 5.94. The fourth-order valence-corrected chi connectivity index (χ4v) is 2.73. The first kappa shape index (κ1) is 13.9. The second-order valence-corrected chi connectivity index (χ2v) is 5.85. The van der Waals surface area contributed by atoms with Crippen LogP contribution < -0.4 is 0 Å². The summed E-state index contributed by atoms with van der Waals surface area (Å²) < 4.78 is 5.76. The zero-order valence-corrected chi connectivity index (χ0v) is 13.2. The Kier molecular flexibility index (Phi) is 3.30. The summed E-state index contributed by atoms with van der Waals surface area (Å²) in [6.07, 6.45) is 1.74. The zero-order valence-electron chi connectivity index (χ0n) is 13.2. The molecule has 1 aliphatic heterocycles. The average molecular weight is 303 g/mol. The van der Waals surface area contributed by atoms with Crippen LogP contribution in [-0.2, 0) is 4.74 Å². The van der Waals surface area contributed by atoms with E-state index >= 15 is 0 Å². The maximum absolute atomic E-state index is 5.76. The number of fused-ring (bicyclic) bond motifs is 1. The monoisotopic (exact) mass is 303 g/mol. The number of nitrogens with zero attached hydrogens (tertiary/aromatic N) is 3. The maximum Gasteiger partial charge on any atom is 0.237 e. The number of rotatable bonds is 2. The fraction of sp³-hybridized carbons (Fsp3) is 0.211. The molecule has 0 fully saturated rings. The van der Waals surface area contributed by atoms with Gasteiger partial charge >= 0.3 is 0 Å². The summed E-state index contributed by atoms with van der Waals surface area (Å²) in [5.41, 5.74) is 6.05. The molecule has 1 aliphatic rings. The molecule has 1 aromatic heterocycles. The standard InChI is InChI=1S/C19H17N3O/c1-12-8-15-16(9-13(12)2)21-17(10-20-15)19-22-18(11-23-19)14-6-4-3-5-7-14/h3-10,18H,11H2,1-2H3. The van der Waals surface area contributed by atoms with E-state index in [1.807, 2.05) is 18.2 Å². The Morgan fingerprint density at radius 2 is 1.74 bits per heavy atom. The van der Waals surface area contributed by atoms with E-state index < -0.39 is 0 Å². The van der Waals surface area contributed by atoms with Gasteiger partial charge < -0.3 is 4.74 Å². The van der Waals surface area contributed by atoms with Crippen molar-refractivity contribution >= 4 is 16.9 Å². The Hall–Kier alpha value is -2.75.